The molecule has 1 aromatic carbocycles. The van der Waals surface area contributed by atoms with E-state index in [0.717, 1.165) is 0 Å². The van der Waals surface area contributed by atoms with Gasteiger partial charge in [-0.05, 0) is 56.2 Å². The second kappa shape index (κ2) is 18.5. The van der Waals surface area contributed by atoms with Gasteiger partial charge < -0.3 is 32.1 Å². The fraction of sp³-hybridized carbons (Fsp3) is 0.562. The van der Waals surface area contributed by atoms with Crippen LogP contribution in [0.5, 0.6) is 0 Å². The Hall–Kier alpha value is -4.86. The number of aliphatic hydroxyl groups is 1. The molecule has 2 aromatic rings. The lowest BCUT2D eigenvalue weighted by atomic mass is 10.0. The summed E-state index contributed by atoms with van der Waals surface area (Å²) in [7, 11) is 0. The van der Waals surface area contributed by atoms with Crippen molar-refractivity contribution in [1.29, 1.82) is 0 Å². The highest BCUT2D eigenvalue weighted by Crippen LogP contribution is 2.23. The van der Waals surface area contributed by atoms with E-state index in [1.807, 2.05) is 13.8 Å². The third-order valence-electron chi connectivity index (χ3n) is 8.00. The van der Waals surface area contributed by atoms with Crippen molar-refractivity contribution < 1.29 is 33.9 Å². The number of anilines is 1. The number of hydrogen-bond donors (Lipinski definition) is 6. The molecule has 2 heterocycles. The van der Waals surface area contributed by atoms with Crippen molar-refractivity contribution in [2.75, 3.05) is 18.4 Å². The topological polar surface area (TPSA) is 231 Å². The Labute approximate surface area is 279 Å². The number of imide groups is 1. The van der Waals surface area contributed by atoms with Gasteiger partial charge in [0.15, 0.2) is 0 Å². The molecule has 1 saturated heterocycles. The lowest BCUT2D eigenvalue weighted by molar-refractivity contribution is -0.138. The van der Waals surface area contributed by atoms with E-state index in [0.29, 0.717) is 55.6 Å². The molecule has 7 amide bonds. The van der Waals surface area contributed by atoms with E-state index in [9.17, 15) is 33.9 Å². The first-order valence-electron chi connectivity index (χ1n) is 16.3. The number of rotatable bonds is 19. The smallest absolute Gasteiger partial charge is 0.312 e. The van der Waals surface area contributed by atoms with Crippen LogP contribution >= 0.6 is 0 Å². The summed E-state index contributed by atoms with van der Waals surface area (Å²) in [6.07, 6.45) is 4.84. The monoisotopic (exact) mass is 669 g/mol. The Bertz CT molecular complexity index is 1410. The predicted octanol–water partition coefficient (Wildman–Crippen LogP) is 1.43. The third-order valence-corrected chi connectivity index (χ3v) is 8.00. The summed E-state index contributed by atoms with van der Waals surface area (Å²) in [5.41, 5.74) is 6.81. The number of unbranched alkanes of at least 4 members (excludes halogenated alkanes) is 2. The average molecular weight is 670 g/mol. The minimum Gasteiger partial charge on any atom is -0.392 e. The number of aromatic nitrogens is 3. The molecule has 1 fully saturated rings. The first-order chi connectivity index (χ1) is 22.9. The molecule has 0 bridgehead atoms. The van der Waals surface area contributed by atoms with E-state index in [2.05, 4.69) is 31.6 Å². The van der Waals surface area contributed by atoms with Crippen LogP contribution < -0.4 is 27.0 Å². The van der Waals surface area contributed by atoms with Crippen LogP contribution in [0.25, 0.3) is 0 Å². The Kier molecular flexibility index (Phi) is 14.5. The van der Waals surface area contributed by atoms with E-state index in [1.165, 1.54) is 9.58 Å². The second-order valence-corrected chi connectivity index (χ2v) is 12.2. The van der Waals surface area contributed by atoms with Crippen molar-refractivity contribution in [3.05, 3.63) is 41.7 Å². The second-order valence-electron chi connectivity index (χ2n) is 12.2. The number of aliphatic hydroxyl groups excluding tert-OH is 1. The molecule has 1 aliphatic rings. The number of carbonyl (C=O) groups is 6. The predicted molar refractivity (Wildman–Crippen MR) is 175 cm³/mol. The molecule has 16 nitrogen and oxygen atoms in total. The number of urea groups is 1. The number of carbonyl (C=O) groups excluding carboxylic acids is 6. The van der Waals surface area contributed by atoms with Crippen molar-refractivity contribution >= 4 is 41.3 Å². The fourth-order valence-corrected chi connectivity index (χ4v) is 5.24. The van der Waals surface area contributed by atoms with Crippen molar-refractivity contribution in [2.24, 2.45) is 11.7 Å². The van der Waals surface area contributed by atoms with Crippen LogP contribution in [0.3, 0.4) is 0 Å². The van der Waals surface area contributed by atoms with E-state index < -0.39 is 30.1 Å². The zero-order chi connectivity index (χ0) is 35.2. The molecule has 0 spiro atoms. The summed E-state index contributed by atoms with van der Waals surface area (Å²) in [5.74, 6) is -1.50. The summed E-state index contributed by atoms with van der Waals surface area (Å²) >= 11 is 0. The Morgan fingerprint density at radius 3 is 2.25 bits per heavy atom. The normalized spacial score (nSPS) is 14.8. The molecule has 0 radical (unpaired) electrons. The molecule has 262 valence electrons. The van der Waals surface area contributed by atoms with Gasteiger partial charge in [0.05, 0.1) is 18.8 Å². The molecule has 0 unspecified atom stereocenters. The lowest BCUT2D eigenvalue weighted by Crippen LogP contribution is -2.46. The maximum Gasteiger partial charge on any atom is 0.312 e. The quantitative estimate of drug-likeness (QED) is 0.0937. The minimum absolute atomic E-state index is 0.117. The van der Waals surface area contributed by atoms with E-state index in [1.54, 1.807) is 37.4 Å². The number of benzene rings is 1. The van der Waals surface area contributed by atoms with Crippen LogP contribution in [0.15, 0.2) is 30.5 Å². The maximum absolute atomic E-state index is 13.4. The minimum atomic E-state index is -0.831. The van der Waals surface area contributed by atoms with E-state index in [4.69, 9.17) is 5.73 Å². The molecule has 3 atom stereocenters. The fourth-order valence-electron chi connectivity index (χ4n) is 5.24. The first-order valence-corrected chi connectivity index (χ1v) is 16.3. The van der Waals surface area contributed by atoms with Crippen molar-refractivity contribution in [2.45, 2.75) is 96.9 Å². The van der Waals surface area contributed by atoms with Gasteiger partial charge in [-0.1, -0.05) is 37.6 Å². The molecule has 7 N–H and O–H groups in total. The van der Waals surface area contributed by atoms with Crippen LogP contribution in [-0.4, -0.2) is 79.7 Å². The van der Waals surface area contributed by atoms with Gasteiger partial charge in [-0.2, -0.15) is 0 Å². The van der Waals surface area contributed by atoms with Crippen LogP contribution in [0, 0.1) is 5.92 Å². The number of nitrogens with two attached hydrogens (primary N) is 1. The van der Waals surface area contributed by atoms with Gasteiger partial charge in [-0.25, -0.2) is 9.48 Å². The van der Waals surface area contributed by atoms with E-state index in [-0.39, 0.29) is 62.0 Å². The number of primary amides is 1. The summed E-state index contributed by atoms with van der Waals surface area (Å²) < 4.78 is 1.42. The highest BCUT2D eigenvalue weighted by Gasteiger charge is 2.29. The summed E-state index contributed by atoms with van der Waals surface area (Å²) in [6.45, 7) is 5.86. The van der Waals surface area contributed by atoms with Gasteiger partial charge in [-0.3, -0.25) is 28.9 Å². The van der Waals surface area contributed by atoms with Gasteiger partial charge in [0.2, 0.25) is 29.5 Å². The van der Waals surface area contributed by atoms with Gasteiger partial charge in [0.25, 0.3) is 0 Å². The van der Waals surface area contributed by atoms with Crippen LogP contribution in [0.1, 0.15) is 95.5 Å². The molecular formula is C32H47N9O7. The SMILES string of the molecule is CC(C)[C@H](NC(=O)[C@@H](C)NC(=O)CCCCCN1C(=O)CCC1=O)c1cn([C@@H](CCCNC(N)=O)C(=O)Nc2ccc(CO)cc2)nn1. The van der Waals surface area contributed by atoms with E-state index >= 15 is 0 Å². The largest absolute Gasteiger partial charge is 0.392 e. The van der Waals surface area contributed by atoms with Crippen molar-refractivity contribution in [3.63, 3.8) is 0 Å². The highest BCUT2D eigenvalue weighted by atomic mass is 16.3. The number of nitrogens with one attached hydrogen (secondary N) is 4. The summed E-state index contributed by atoms with van der Waals surface area (Å²) in [5, 5.41) is 28.8. The summed E-state index contributed by atoms with van der Waals surface area (Å²) in [6, 6.07) is 3.85. The molecule has 0 aliphatic carbocycles. The zero-order valence-corrected chi connectivity index (χ0v) is 27.7. The number of amides is 7. The number of nitrogens with zero attached hydrogens (tertiary/aromatic N) is 4. The molecule has 0 saturated carbocycles. The van der Waals surface area contributed by atoms with Crippen molar-refractivity contribution in [1.82, 2.24) is 35.8 Å². The standard InChI is InChI=1S/C32H47N9O7/c1-20(2)29(37-30(46)21(3)35-26(43)9-5-4-6-17-40-27(44)14-15-28(40)45)24-18-41(39-38-24)25(8-7-16-34-32(33)48)31(47)36-23-12-10-22(19-42)11-13-23/h10-13,18,20-21,25,29,42H,4-9,14-17,19H2,1-3H3,(H,35,43)(H,36,47)(H,37,46)(H3,33,34,48)/t21-,25+,29+/m1/s1. The summed E-state index contributed by atoms with van der Waals surface area (Å²) in [4.78, 5) is 74.8. The number of hydrogen-bond acceptors (Lipinski definition) is 9. The molecule has 1 aromatic heterocycles. The van der Waals surface area contributed by atoms with Gasteiger partial charge in [0, 0.05) is 38.0 Å². The van der Waals surface area contributed by atoms with Gasteiger partial charge in [0.1, 0.15) is 17.8 Å². The number of likely N-dealkylation sites (tertiary alicyclic amines) is 1. The molecular weight excluding hydrogens is 622 g/mol. The molecule has 16 heteroatoms. The first kappa shape index (κ1) is 37.6. The van der Waals surface area contributed by atoms with Crippen LogP contribution in [0.4, 0.5) is 10.5 Å². The third kappa shape index (κ3) is 11.4. The van der Waals surface area contributed by atoms with Crippen LogP contribution in [-0.2, 0) is 30.6 Å². The molecule has 3 rings (SSSR count). The Morgan fingerprint density at radius 1 is 0.938 bits per heavy atom. The van der Waals surface area contributed by atoms with Gasteiger partial charge in [-0.15, -0.1) is 5.10 Å². The Morgan fingerprint density at radius 2 is 1.62 bits per heavy atom. The Balaban J connectivity index is 1.57. The van der Waals surface area contributed by atoms with Crippen molar-refractivity contribution in [3.8, 4) is 0 Å². The van der Waals surface area contributed by atoms with Crippen LogP contribution in [0.2, 0.25) is 0 Å². The molecule has 1 aliphatic heterocycles. The molecule has 48 heavy (non-hydrogen) atoms. The highest BCUT2D eigenvalue weighted by molar-refractivity contribution is 6.01. The lowest BCUT2D eigenvalue weighted by Gasteiger charge is -2.23. The average Bonchev–Trinajstić information content (AvgIpc) is 3.65. The maximum atomic E-state index is 13.4. The van der Waals surface area contributed by atoms with Gasteiger partial charge >= 0.3 is 6.03 Å². The zero-order valence-electron chi connectivity index (χ0n) is 27.7.